The van der Waals surface area contributed by atoms with E-state index in [1.165, 1.54) is 0 Å². The number of allylic oxidation sites excluding steroid dienone is 1. The van der Waals surface area contributed by atoms with Crippen LogP contribution in [0, 0.1) is 16.7 Å². The first-order chi connectivity index (χ1) is 12.6. The van der Waals surface area contributed by atoms with Crippen molar-refractivity contribution in [3.05, 3.63) is 41.0 Å². The van der Waals surface area contributed by atoms with Crippen molar-refractivity contribution in [3.8, 4) is 6.07 Å². The second kappa shape index (κ2) is 7.82. The summed E-state index contributed by atoms with van der Waals surface area (Å²) >= 11 is 11.5. The molecular weight excluding hydrogens is 371 g/mol. The van der Waals surface area contributed by atoms with Crippen LogP contribution in [0.25, 0.3) is 5.70 Å². The molecule has 0 heterocycles. The third-order valence-electron chi connectivity index (χ3n) is 5.44. The summed E-state index contributed by atoms with van der Waals surface area (Å²) in [6.45, 7) is 0. The van der Waals surface area contributed by atoms with Gasteiger partial charge in [-0.1, -0.05) is 43.5 Å². The van der Waals surface area contributed by atoms with Crippen molar-refractivity contribution in [3.63, 3.8) is 0 Å². The number of carbonyl (C=O) groups excluding carboxylic acids is 2. The van der Waals surface area contributed by atoms with Crippen LogP contribution in [0.15, 0.2) is 29.8 Å². The van der Waals surface area contributed by atoms with E-state index in [0.29, 0.717) is 11.3 Å². The molecule has 0 saturated heterocycles. The zero-order valence-corrected chi connectivity index (χ0v) is 15.9. The van der Waals surface area contributed by atoms with Crippen molar-refractivity contribution in [1.29, 1.82) is 5.26 Å². The van der Waals surface area contributed by atoms with Gasteiger partial charge in [0.2, 0.25) is 11.8 Å². The minimum absolute atomic E-state index is 0.325. The molecular formula is C20H20Cl2N2O2. The van der Waals surface area contributed by atoms with Crippen LogP contribution in [-0.2, 0) is 16.0 Å². The molecule has 0 atom stereocenters. The van der Waals surface area contributed by atoms with Crippen molar-refractivity contribution in [2.45, 2.75) is 38.5 Å². The van der Waals surface area contributed by atoms with Crippen LogP contribution in [0.5, 0.6) is 0 Å². The molecule has 1 aromatic carbocycles. The zero-order valence-electron chi connectivity index (χ0n) is 14.4. The van der Waals surface area contributed by atoms with Gasteiger partial charge in [0, 0.05) is 11.0 Å². The van der Waals surface area contributed by atoms with E-state index in [1.807, 2.05) is 24.3 Å². The van der Waals surface area contributed by atoms with Crippen molar-refractivity contribution in [2.24, 2.45) is 5.41 Å². The summed E-state index contributed by atoms with van der Waals surface area (Å²) in [5.74, 6) is -1.80. The molecule has 0 bridgehead atoms. The number of rotatable bonds is 3. The highest BCUT2D eigenvalue weighted by Crippen LogP contribution is 2.51. The number of halogens is 2. The molecule has 0 aliphatic heterocycles. The van der Waals surface area contributed by atoms with E-state index in [4.69, 9.17) is 23.2 Å². The third-order valence-corrected chi connectivity index (χ3v) is 5.90. The van der Waals surface area contributed by atoms with Crippen LogP contribution in [0.3, 0.4) is 0 Å². The summed E-state index contributed by atoms with van der Waals surface area (Å²) in [4.78, 5) is 26.1. The summed E-state index contributed by atoms with van der Waals surface area (Å²) in [6, 6.07) is 10.00. The Morgan fingerprint density at radius 2 is 1.69 bits per heavy atom. The molecule has 1 fully saturated rings. The lowest BCUT2D eigenvalue weighted by Gasteiger charge is -2.43. The normalized spacial score (nSPS) is 18.2. The van der Waals surface area contributed by atoms with E-state index in [9.17, 15) is 14.9 Å². The highest BCUT2D eigenvalue weighted by Gasteiger charge is 2.44. The molecule has 6 heteroatoms. The monoisotopic (exact) mass is 390 g/mol. The standard InChI is InChI=1S/C20H20Cl2N2O2/c21-11-17(25)24(18(26)12-22)19-15-7-3-2-6-14(15)10-20(16(19)13-23)8-4-1-5-9-20/h2-3,6-7H,1,4-5,8-12H2. The van der Waals surface area contributed by atoms with Crippen molar-refractivity contribution >= 4 is 40.7 Å². The number of nitriles is 1. The quantitative estimate of drug-likeness (QED) is 0.724. The van der Waals surface area contributed by atoms with Crippen molar-refractivity contribution in [2.75, 3.05) is 11.8 Å². The molecule has 2 aliphatic rings. The molecule has 2 aliphatic carbocycles. The van der Waals surface area contributed by atoms with Crippen LogP contribution in [0.1, 0.15) is 43.2 Å². The number of alkyl halides is 2. The molecule has 3 rings (SSSR count). The number of fused-ring (bicyclic) bond motifs is 1. The Morgan fingerprint density at radius 3 is 2.27 bits per heavy atom. The number of nitrogens with zero attached hydrogens (tertiary/aromatic N) is 2. The molecule has 2 amide bonds. The fourth-order valence-electron chi connectivity index (χ4n) is 4.31. The van der Waals surface area contributed by atoms with Gasteiger partial charge in [-0.15, -0.1) is 23.2 Å². The van der Waals surface area contributed by atoms with Gasteiger partial charge < -0.3 is 0 Å². The van der Waals surface area contributed by atoms with Crippen LogP contribution < -0.4 is 0 Å². The van der Waals surface area contributed by atoms with Gasteiger partial charge in [-0.3, -0.25) is 9.59 Å². The molecule has 0 N–H and O–H groups in total. The number of hydrogen-bond acceptors (Lipinski definition) is 3. The molecule has 0 unspecified atom stereocenters. The predicted molar refractivity (Wildman–Crippen MR) is 101 cm³/mol. The lowest BCUT2D eigenvalue weighted by atomic mass is 9.62. The summed E-state index contributed by atoms with van der Waals surface area (Å²) in [5.41, 5.74) is 2.38. The van der Waals surface area contributed by atoms with Gasteiger partial charge in [-0.05, 0) is 24.8 Å². The summed E-state index contributed by atoms with van der Waals surface area (Å²) < 4.78 is 0. The summed E-state index contributed by atoms with van der Waals surface area (Å²) in [7, 11) is 0. The molecule has 26 heavy (non-hydrogen) atoms. The average Bonchev–Trinajstić information content (AvgIpc) is 2.68. The molecule has 1 saturated carbocycles. The first kappa shape index (κ1) is 18.9. The molecule has 1 spiro atoms. The first-order valence-electron chi connectivity index (χ1n) is 8.79. The SMILES string of the molecule is N#CC1=C(N(C(=O)CCl)C(=O)CCl)c2ccccc2CC12CCCCC2. The van der Waals surface area contributed by atoms with E-state index in [-0.39, 0.29) is 17.2 Å². The lowest BCUT2D eigenvalue weighted by Crippen LogP contribution is -2.42. The van der Waals surface area contributed by atoms with Gasteiger partial charge in [0.25, 0.3) is 0 Å². The number of amides is 2. The lowest BCUT2D eigenvalue weighted by molar-refractivity contribution is -0.137. The fraction of sp³-hybridized carbons (Fsp3) is 0.450. The second-order valence-electron chi connectivity index (χ2n) is 6.90. The van der Waals surface area contributed by atoms with E-state index in [1.54, 1.807) is 0 Å². The smallest absolute Gasteiger partial charge is 0.248 e. The van der Waals surface area contributed by atoms with Crippen molar-refractivity contribution < 1.29 is 9.59 Å². The van der Waals surface area contributed by atoms with Gasteiger partial charge in [-0.2, -0.15) is 5.26 Å². The Bertz CT molecular complexity index is 788. The summed E-state index contributed by atoms with van der Waals surface area (Å²) in [6.07, 6.45) is 5.73. The number of hydrogen-bond donors (Lipinski definition) is 0. The van der Waals surface area contributed by atoms with E-state index in [2.05, 4.69) is 6.07 Å². The average molecular weight is 391 g/mol. The second-order valence-corrected chi connectivity index (χ2v) is 7.43. The third kappa shape index (κ3) is 3.15. The maximum Gasteiger partial charge on any atom is 0.248 e. The van der Waals surface area contributed by atoms with Gasteiger partial charge in [0.15, 0.2) is 0 Å². The van der Waals surface area contributed by atoms with E-state index in [0.717, 1.165) is 54.6 Å². The molecule has 0 radical (unpaired) electrons. The maximum atomic E-state index is 12.5. The minimum Gasteiger partial charge on any atom is -0.273 e. The van der Waals surface area contributed by atoms with E-state index >= 15 is 0 Å². The number of carbonyl (C=O) groups is 2. The topological polar surface area (TPSA) is 61.2 Å². The van der Waals surface area contributed by atoms with Crippen LogP contribution in [-0.4, -0.2) is 28.5 Å². The van der Waals surface area contributed by atoms with Crippen LogP contribution >= 0.6 is 23.2 Å². The maximum absolute atomic E-state index is 12.5. The molecule has 4 nitrogen and oxygen atoms in total. The fourth-order valence-corrected chi connectivity index (χ4v) is 4.55. The predicted octanol–water partition coefficient (Wildman–Crippen LogP) is 4.26. The Hall–Kier alpha value is -1.83. The van der Waals surface area contributed by atoms with Crippen LogP contribution in [0.2, 0.25) is 0 Å². The van der Waals surface area contributed by atoms with Gasteiger partial charge >= 0.3 is 0 Å². The molecule has 136 valence electrons. The first-order valence-corrected chi connectivity index (χ1v) is 9.85. The number of benzene rings is 1. The van der Waals surface area contributed by atoms with Gasteiger partial charge in [0.05, 0.1) is 17.3 Å². The highest BCUT2D eigenvalue weighted by atomic mass is 35.5. The largest absolute Gasteiger partial charge is 0.273 e. The Morgan fingerprint density at radius 1 is 1.08 bits per heavy atom. The molecule has 1 aromatic rings. The van der Waals surface area contributed by atoms with Crippen molar-refractivity contribution in [1.82, 2.24) is 4.90 Å². The van der Waals surface area contributed by atoms with Gasteiger partial charge in [0.1, 0.15) is 11.8 Å². The Kier molecular flexibility index (Phi) is 5.70. The van der Waals surface area contributed by atoms with E-state index < -0.39 is 11.8 Å². The summed E-state index contributed by atoms with van der Waals surface area (Å²) in [5, 5.41) is 10.0. The highest BCUT2D eigenvalue weighted by molar-refractivity contribution is 6.33. The minimum atomic E-state index is -0.553. The number of imide groups is 1. The van der Waals surface area contributed by atoms with Gasteiger partial charge in [-0.25, -0.2) is 4.90 Å². The zero-order chi connectivity index (χ0) is 18.7. The van der Waals surface area contributed by atoms with Crippen LogP contribution in [0.4, 0.5) is 0 Å². The Balaban J connectivity index is 2.29. The molecule has 0 aromatic heterocycles. The Labute approximate surface area is 163 Å².